The molecule has 0 aliphatic heterocycles. The molecule has 0 saturated carbocycles. The third kappa shape index (κ3) is 6.07. The highest BCUT2D eigenvalue weighted by Crippen LogP contribution is 2.44. The fourth-order valence-electron chi connectivity index (χ4n) is 3.69. The number of halogens is 1. The van der Waals surface area contributed by atoms with Gasteiger partial charge in [-0.3, -0.25) is 4.79 Å². The summed E-state index contributed by atoms with van der Waals surface area (Å²) in [5.74, 6) is 1.11. The van der Waals surface area contributed by atoms with E-state index in [1.54, 1.807) is 12.1 Å². The molecule has 7 heteroatoms. The highest BCUT2D eigenvalue weighted by Gasteiger charge is 2.29. The minimum Gasteiger partial charge on any atom is -0.488 e. The Morgan fingerprint density at radius 3 is 2.00 bits per heavy atom. The molecule has 0 saturated heterocycles. The van der Waals surface area contributed by atoms with Gasteiger partial charge in [-0.1, -0.05) is 98.2 Å². The molecule has 1 N–H and O–H groups in total. The summed E-state index contributed by atoms with van der Waals surface area (Å²) in [4.78, 5) is 12.1. The van der Waals surface area contributed by atoms with Crippen LogP contribution in [0.2, 0.25) is 5.02 Å². The Balaban J connectivity index is 1.76. The van der Waals surface area contributed by atoms with Crippen molar-refractivity contribution in [3.63, 3.8) is 0 Å². The van der Waals surface area contributed by atoms with E-state index in [1.165, 1.54) is 6.92 Å². The summed E-state index contributed by atoms with van der Waals surface area (Å²) in [7, 11) is 0. The Morgan fingerprint density at radius 1 is 0.917 bits per heavy atom. The zero-order valence-electron chi connectivity index (χ0n) is 20.8. The number of nitrogens with zero attached hydrogens (tertiary/aromatic N) is 1. The van der Waals surface area contributed by atoms with Gasteiger partial charge in [0, 0.05) is 18.4 Å². The first-order valence-corrected chi connectivity index (χ1v) is 12.1. The van der Waals surface area contributed by atoms with Crippen LogP contribution in [0.5, 0.6) is 11.5 Å². The highest BCUT2D eigenvalue weighted by atomic mass is 35.5. The second-order valence-corrected chi connectivity index (χ2v) is 9.90. The molecule has 0 aliphatic rings. The van der Waals surface area contributed by atoms with E-state index >= 15 is 0 Å². The van der Waals surface area contributed by atoms with Crippen molar-refractivity contribution in [2.75, 3.05) is 5.32 Å². The van der Waals surface area contributed by atoms with E-state index in [0.717, 1.165) is 11.1 Å². The van der Waals surface area contributed by atoms with Crippen molar-refractivity contribution < 1.29 is 18.8 Å². The molecule has 6 nitrogen and oxygen atoms in total. The topological polar surface area (TPSA) is 73.6 Å². The van der Waals surface area contributed by atoms with E-state index in [4.69, 9.17) is 25.6 Å². The molecule has 1 aromatic heterocycles. The van der Waals surface area contributed by atoms with Gasteiger partial charge in [0.1, 0.15) is 36.1 Å². The van der Waals surface area contributed by atoms with Gasteiger partial charge in [-0.15, -0.1) is 0 Å². The van der Waals surface area contributed by atoms with Crippen LogP contribution in [0.15, 0.2) is 77.3 Å². The fourth-order valence-corrected chi connectivity index (χ4v) is 3.91. The first-order valence-electron chi connectivity index (χ1n) is 11.7. The lowest BCUT2D eigenvalue weighted by Crippen LogP contribution is -2.17. The second-order valence-electron chi connectivity index (χ2n) is 9.49. The van der Waals surface area contributed by atoms with Crippen LogP contribution in [0.25, 0.3) is 11.3 Å². The molecule has 4 rings (SSSR count). The number of benzene rings is 3. The number of hydrogen-bond acceptors (Lipinski definition) is 5. The monoisotopic (exact) mass is 504 g/mol. The minimum atomic E-state index is -0.368. The first kappa shape index (κ1) is 25.3. The number of anilines is 1. The van der Waals surface area contributed by atoms with Crippen LogP contribution in [0.4, 0.5) is 5.69 Å². The van der Waals surface area contributed by atoms with E-state index in [9.17, 15) is 4.79 Å². The molecular weight excluding hydrogens is 476 g/mol. The number of amides is 1. The molecule has 3 aromatic carbocycles. The molecule has 0 aliphatic carbocycles. The number of ether oxygens (including phenoxy) is 2. The van der Waals surface area contributed by atoms with Crippen molar-refractivity contribution >= 4 is 23.2 Å². The molecule has 0 atom stereocenters. The Kier molecular flexibility index (Phi) is 7.65. The van der Waals surface area contributed by atoms with Crippen LogP contribution in [-0.2, 0) is 23.4 Å². The van der Waals surface area contributed by atoms with Crippen LogP contribution in [0.1, 0.15) is 44.5 Å². The summed E-state index contributed by atoms with van der Waals surface area (Å²) in [6, 6.07) is 23.1. The van der Waals surface area contributed by atoms with Gasteiger partial charge in [-0.25, -0.2) is 0 Å². The van der Waals surface area contributed by atoms with Gasteiger partial charge in [-0.2, -0.15) is 0 Å². The van der Waals surface area contributed by atoms with Crippen LogP contribution < -0.4 is 14.8 Å². The minimum absolute atomic E-state index is 0.231. The molecule has 0 bridgehead atoms. The van der Waals surface area contributed by atoms with Crippen molar-refractivity contribution in [1.82, 2.24) is 5.16 Å². The predicted octanol–water partition coefficient (Wildman–Crippen LogP) is 7.41. The van der Waals surface area contributed by atoms with Gasteiger partial charge in [0.15, 0.2) is 5.76 Å². The molecule has 0 unspecified atom stereocenters. The summed E-state index contributed by atoms with van der Waals surface area (Å²) in [6.45, 7) is 8.12. The third-order valence-electron chi connectivity index (χ3n) is 5.46. The average Bonchev–Trinajstić information content (AvgIpc) is 3.26. The predicted molar refractivity (Wildman–Crippen MR) is 142 cm³/mol. The Labute approximate surface area is 216 Å². The van der Waals surface area contributed by atoms with Crippen molar-refractivity contribution in [3.05, 3.63) is 94.6 Å². The first-order chi connectivity index (χ1) is 17.2. The lowest BCUT2D eigenvalue weighted by Gasteiger charge is -2.18. The average molecular weight is 505 g/mol. The molecular formula is C29H29ClN2O4. The standard InChI is InChI=1S/C29H29ClN2O4/c1-19(33)31-26-27(36-32-28(26)29(2,3)4)22-15-23(30)25(35-18-21-13-9-6-10-14-21)16-24(22)34-17-20-11-7-5-8-12-20/h5-16H,17-18H2,1-4H3,(H,31,33). The van der Waals surface area contributed by atoms with Crippen LogP contribution in [-0.4, -0.2) is 11.1 Å². The van der Waals surface area contributed by atoms with Gasteiger partial charge in [-0.05, 0) is 17.2 Å². The highest BCUT2D eigenvalue weighted by molar-refractivity contribution is 6.32. The van der Waals surface area contributed by atoms with Crippen molar-refractivity contribution in [1.29, 1.82) is 0 Å². The lowest BCUT2D eigenvalue weighted by atomic mass is 9.90. The quantitative estimate of drug-likeness (QED) is 0.270. The van der Waals surface area contributed by atoms with Crippen LogP contribution in [0, 0.1) is 0 Å². The molecule has 186 valence electrons. The lowest BCUT2D eigenvalue weighted by molar-refractivity contribution is -0.114. The van der Waals surface area contributed by atoms with Gasteiger partial charge in [0.25, 0.3) is 0 Å². The Hall–Kier alpha value is -3.77. The van der Waals surface area contributed by atoms with E-state index in [2.05, 4.69) is 10.5 Å². The molecule has 0 spiro atoms. The molecule has 36 heavy (non-hydrogen) atoms. The second kappa shape index (κ2) is 10.9. The number of carbonyl (C=O) groups excluding carboxylic acids is 1. The summed E-state index contributed by atoms with van der Waals surface area (Å²) >= 11 is 6.66. The number of aromatic nitrogens is 1. The zero-order chi connectivity index (χ0) is 25.7. The van der Waals surface area contributed by atoms with E-state index in [-0.39, 0.29) is 11.3 Å². The molecule has 1 amide bonds. The van der Waals surface area contributed by atoms with Crippen molar-refractivity contribution in [2.24, 2.45) is 0 Å². The third-order valence-corrected chi connectivity index (χ3v) is 5.75. The van der Waals surface area contributed by atoms with Crippen molar-refractivity contribution in [3.8, 4) is 22.8 Å². The normalized spacial score (nSPS) is 11.2. The SMILES string of the molecule is CC(=O)Nc1c(C(C)(C)C)noc1-c1cc(Cl)c(OCc2ccccc2)cc1OCc1ccccc1. The maximum atomic E-state index is 12.1. The van der Waals surface area contributed by atoms with Crippen LogP contribution in [0.3, 0.4) is 0 Å². The smallest absolute Gasteiger partial charge is 0.221 e. The molecule has 0 fully saturated rings. The zero-order valence-corrected chi connectivity index (χ0v) is 21.6. The number of hydrogen-bond donors (Lipinski definition) is 1. The van der Waals surface area contributed by atoms with Crippen molar-refractivity contribution in [2.45, 2.75) is 46.3 Å². The Morgan fingerprint density at radius 2 is 1.47 bits per heavy atom. The summed E-state index contributed by atoms with van der Waals surface area (Å²) in [6.07, 6.45) is 0. The number of rotatable bonds is 8. The van der Waals surface area contributed by atoms with E-state index < -0.39 is 0 Å². The van der Waals surface area contributed by atoms with E-state index in [1.807, 2.05) is 81.4 Å². The van der Waals surface area contributed by atoms with Gasteiger partial charge < -0.3 is 19.3 Å². The fraction of sp³-hybridized carbons (Fsp3) is 0.241. The number of nitrogens with one attached hydrogen (secondary N) is 1. The van der Waals surface area contributed by atoms with Gasteiger partial charge >= 0.3 is 0 Å². The molecule has 0 radical (unpaired) electrons. The summed E-state index contributed by atoms with van der Waals surface area (Å²) < 4.78 is 18.1. The Bertz CT molecular complexity index is 1330. The van der Waals surface area contributed by atoms with E-state index in [0.29, 0.717) is 52.4 Å². The van der Waals surface area contributed by atoms with Gasteiger partial charge in [0.2, 0.25) is 5.91 Å². The molecule has 4 aromatic rings. The summed E-state index contributed by atoms with van der Waals surface area (Å²) in [5, 5.41) is 7.55. The maximum absolute atomic E-state index is 12.1. The summed E-state index contributed by atoms with van der Waals surface area (Å²) in [5.41, 5.74) is 3.33. The number of carbonyl (C=O) groups is 1. The van der Waals surface area contributed by atoms with Crippen LogP contribution >= 0.6 is 11.6 Å². The maximum Gasteiger partial charge on any atom is 0.221 e. The molecule has 1 heterocycles. The van der Waals surface area contributed by atoms with Gasteiger partial charge in [0.05, 0.1) is 10.6 Å². The largest absolute Gasteiger partial charge is 0.488 e.